The lowest BCUT2D eigenvalue weighted by Crippen LogP contribution is -2.36. The van der Waals surface area contributed by atoms with E-state index in [1.807, 2.05) is 66.7 Å². The van der Waals surface area contributed by atoms with E-state index in [0.717, 1.165) is 59.4 Å². The van der Waals surface area contributed by atoms with Crippen molar-refractivity contribution in [1.29, 1.82) is 0 Å². The minimum atomic E-state index is -0.620. The molecule has 180 valence electrons. The molecule has 0 saturated carbocycles. The number of aromatic nitrogens is 2. The zero-order chi connectivity index (χ0) is 23.9. The van der Waals surface area contributed by atoms with Crippen LogP contribution in [0.5, 0.6) is 5.75 Å². The molecule has 1 saturated heterocycles. The van der Waals surface area contributed by atoms with Crippen molar-refractivity contribution >= 4 is 22.7 Å². The Bertz CT molecular complexity index is 1230. The van der Waals surface area contributed by atoms with Gasteiger partial charge in [-0.3, -0.25) is 4.90 Å². The molecule has 1 N–H and O–H groups in total. The van der Waals surface area contributed by atoms with Gasteiger partial charge in [0.25, 0.3) is 0 Å². The van der Waals surface area contributed by atoms with E-state index in [9.17, 15) is 5.11 Å². The van der Waals surface area contributed by atoms with Gasteiger partial charge in [-0.25, -0.2) is 9.97 Å². The third-order valence-corrected chi connectivity index (χ3v) is 7.04. The summed E-state index contributed by atoms with van der Waals surface area (Å²) in [6.45, 7) is 4.20. The molecule has 0 radical (unpaired) electrons. The maximum Gasteiger partial charge on any atom is 0.144 e. The SMILES string of the molecule is OC(COc1ccc(-c2ccccc2)cc1)CSc1nc(CN2CCOCC2)nc2ccccc12. The summed E-state index contributed by atoms with van der Waals surface area (Å²) < 4.78 is 11.3. The van der Waals surface area contributed by atoms with Gasteiger partial charge in [0.2, 0.25) is 0 Å². The number of aliphatic hydroxyl groups is 1. The van der Waals surface area contributed by atoms with Gasteiger partial charge in [-0.05, 0) is 29.3 Å². The van der Waals surface area contributed by atoms with Crippen molar-refractivity contribution < 1.29 is 14.6 Å². The lowest BCUT2D eigenvalue weighted by molar-refractivity contribution is 0.0330. The number of para-hydroxylation sites is 1. The number of rotatable bonds is 9. The first-order chi connectivity index (χ1) is 17.2. The van der Waals surface area contributed by atoms with Gasteiger partial charge in [-0.1, -0.05) is 60.7 Å². The average molecular weight is 488 g/mol. The van der Waals surface area contributed by atoms with Crippen LogP contribution in [0.3, 0.4) is 0 Å². The zero-order valence-electron chi connectivity index (χ0n) is 19.5. The summed E-state index contributed by atoms with van der Waals surface area (Å²) >= 11 is 1.54. The second-order valence-electron chi connectivity index (χ2n) is 8.52. The summed E-state index contributed by atoms with van der Waals surface area (Å²) in [5.74, 6) is 2.03. The largest absolute Gasteiger partial charge is 0.491 e. The van der Waals surface area contributed by atoms with Gasteiger partial charge in [0.05, 0.1) is 31.4 Å². The molecule has 0 spiro atoms. The van der Waals surface area contributed by atoms with Crippen LogP contribution in [0.2, 0.25) is 0 Å². The van der Waals surface area contributed by atoms with Crippen LogP contribution < -0.4 is 4.74 Å². The molecule has 4 aromatic rings. The summed E-state index contributed by atoms with van der Waals surface area (Å²) in [6.07, 6.45) is -0.620. The maximum atomic E-state index is 10.6. The van der Waals surface area contributed by atoms with Gasteiger partial charge in [0, 0.05) is 24.2 Å². The highest BCUT2D eigenvalue weighted by Crippen LogP contribution is 2.27. The predicted octanol–water partition coefficient (Wildman–Crippen LogP) is 4.66. The number of ether oxygens (including phenoxy) is 2. The van der Waals surface area contributed by atoms with E-state index in [2.05, 4.69) is 17.0 Å². The Hall–Kier alpha value is -2.97. The number of morpholine rings is 1. The van der Waals surface area contributed by atoms with Gasteiger partial charge < -0.3 is 14.6 Å². The fourth-order valence-corrected chi connectivity index (χ4v) is 4.97. The van der Waals surface area contributed by atoms with Crippen LogP contribution in [0.15, 0.2) is 83.9 Å². The number of hydrogen-bond acceptors (Lipinski definition) is 7. The molecule has 0 bridgehead atoms. The average Bonchev–Trinajstić information content (AvgIpc) is 2.92. The predicted molar refractivity (Wildman–Crippen MR) is 140 cm³/mol. The highest BCUT2D eigenvalue weighted by Gasteiger charge is 2.16. The Morgan fingerprint density at radius 2 is 1.60 bits per heavy atom. The van der Waals surface area contributed by atoms with Crippen LogP contribution >= 0.6 is 11.8 Å². The molecular formula is C28H29N3O3S. The molecule has 3 aromatic carbocycles. The van der Waals surface area contributed by atoms with E-state index < -0.39 is 6.10 Å². The first kappa shape index (κ1) is 23.8. The smallest absolute Gasteiger partial charge is 0.144 e. The molecule has 1 atom stereocenters. The molecule has 1 aromatic heterocycles. The van der Waals surface area contributed by atoms with Crippen molar-refractivity contribution in [3.63, 3.8) is 0 Å². The van der Waals surface area contributed by atoms with Gasteiger partial charge in [0.1, 0.15) is 23.2 Å². The maximum absolute atomic E-state index is 10.6. The third-order valence-electron chi connectivity index (χ3n) is 5.90. The Kier molecular flexibility index (Phi) is 7.90. The molecule has 7 heteroatoms. The molecule has 2 heterocycles. The third kappa shape index (κ3) is 6.38. The Morgan fingerprint density at radius 3 is 2.40 bits per heavy atom. The number of fused-ring (bicyclic) bond motifs is 1. The van der Waals surface area contributed by atoms with Crippen LogP contribution in [-0.2, 0) is 11.3 Å². The number of thioether (sulfide) groups is 1. The Balaban J connectivity index is 1.19. The minimum Gasteiger partial charge on any atom is -0.491 e. The summed E-state index contributed by atoms with van der Waals surface area (Å²) in [4.78, 5) is 11.9. The first-order valence-electron chi connectivity index (χ1n) is 11.9. The number of benzene rings is 3. The topological polar surface area (TPSA) is 67.7 Å². The Morgan fingerprint density at radius 1 is 0.886 bits per heavy atom. The lowest BCUT2D eigenvalue weighted by Gasteiger charge is -2.26. The van der Waals surface area contributed by atoms with Crippen molar-refractivity contribution in [2.24, 2.45) is 0 Å². The second-order valence-corrected chi connectivity index (χ2v) is 9.53. The molecular weight excluding hydrogens is 458 g/mol. The molecule has 0 aliphatic carbocycles. The van der Waals surface area contributed by atoms with E-state index in [1.165, 1.54) is 5.56 Å². The van der Waals surface area contributed by atoms with Crippen molar-refractivity contribution in [1.82, 2.24) is 14.9 Å². The summed E-state index contributed by atoms with van der Waals surface area (Å²) in [6, 6.07) is 26.2. The monoisotopic (exact) mass is 487 g/mol. The number of aliphatic hydroxyl groups excluding tert-OH is 1. The first-order valence-corrected chi connectivity index (χ1v) is 12.9. The minimum absolute atomic E-state index is 0.224. The molecule has 5 rings (SSSR count). The van der Waals surface area contributed by atoms with Crippen molar-refractivity contribution in [2.45, 2.75) is 17.7 Å². The fourth-order valence-electron chi connectivity index (χ4n) is 4.02. The lowest BCUT2D eigenvalue weighted by atomic mass is 10.1. The van der Waals surface area contributed by atoms with Crippen molar-refractivity contribution in [3.8, 4) is 16.9 Å². The van der Waals surface area contributed by atoms with E-state index in [1.54, 1.807) is 11.8 Å². The van der Waals surface area contributed by atoms with E-state index in [-0.39, 0.29) is 6.61 Å². The second kappa shape index (κ2) is 11.6. The van der Waals surface area contributed by atoms with Crippen LogP contribution in [0, 0.1) is 0 Å². The van der Waals surface area contributed by atoms with Crippen molar-refractivity contribution in [3.05, 3.63) is 84.7 Å². The standard InChI is InChI=1S/C28H29N3O3S/c32-23(19-34-24-12-10-22(11-13-24)21-6-2-1-3-7-21)20-35-28-25-8-4-5-9-26(25)29-27(30-28)18-31-14-16-33-17-15-31/h1-13,23,32H,14-20H2. The van der Waals surface area contributed by atoms with E-state index >= 15 is 0 Å². The quantitative estimate of drug-likeness (QED) is 0.272. The highest BCUT2D eigenvalue weighted by molar-refractivity contribution is 7.99. The number of hydrogen-bond donors (Lipinski definition) is 1. The van der Waals surface area contributed by atoms with Gasteiger partial charge in [-0.2, -0.15) is 0 Å². The van der Waals surface area contributed by atoms with Gasteiger partial charge >= 0.3 is 0 Å². The van der Waals surface area contributed by atoms with Crippen LogP contribution in [0.1, 0.15) is 5.82 Å². The summed E-state index contributed by atoms with van der Waals surface area (Å²) in [7, 11) is 0. The summed E-state index contributed by atoms with van der Waals surface area (Å²) in [5, 5.41) is 12.5. The van der Waals surface area contributed by atoms with Crippen LogP contribution in [0.4, 0.5) is 0 Å². The molecule has 1 unspecified atom stereocenters. The normalized spacial score (nSPS) is 15.2. The molecule has 6 nitrogen and oxygen atoms in total. The van der Waals surface area contributed by atoms with Gasteiger partial charge in [-0.15, -0.1) is 11.8 Å². The van der Waals surface area contributed by atoms with E-state index in [0.29, 0.717) is 12.3 Å². The van der Waals surface area contributed by atoms with Crippen molar-refractivity contribution in [2.75, 3.05) is 38.7 Å². The molecule has 1 aliphatic rings. The van der Waals surface area contributed by atoms with Gasteiger partial charge in [0.15, 0.2) is 0 Å². The molecule has 35 heavy (non-hydrogen) atoms. The zero-order valence-corrected chi connectivity index (χ0v) is 20.4. The molecule has 1 fully saturated rings. The van der Waals surface area contributed by atoms with Crippen LogP contribution in [0.25, 0.3) is 22.0 Å². The Labute approximate surface area is 209 Å². The molecule has 0 amide bonds. The van der Waals surface area contributed by atoms with Crippen LogP contribution in [-0.4, -0.2) is 64.7 Å². The fraction of sp³-hybridized carbons (Fsp3) is 0.286. The highest BCUT2D eigenvalue weighted by atomic mass is 32.2. The molecule has 1 aliphatic heterocycles. The number of nitrogens with zero attached hydrogens (tertiary/aromatic N) is 3. The summed E-state index contributed by atoms with van der Waals surface area (Å²) in [5.41, 5.74) is 3.23. The van der Waals surface area contributed by atoms with E-state index in [4.69, 9.17) is 19.4 Å².